The smallest absolute Gasteiger partial charge is 0.282 e. The molecule has 1 heterocycles. The van der Waals surface area contributed by atoms with Gasteiger partial charge in [0, 0.05) is 0 Å². The Hall–Kier alpha value is -2.70. The van der Waals surface area contributed by atoms with Gasteiger partial charge in [0.25, 0.3) is 5.56 Å². The Balaban J connectivity index is 2.70. The highest BCUT2D eigenvalue weighted by atomic mass is 16.5. The molecule has 0 aliphatic carbocycles. The number of hydrogen-bond donors (Lipinski definition) is 2. The molecule has 0 bridgehead atoms. The molecule has 0 spiro atoms. The molecular weight excluding hydrogens is 284 g/mol. The molecule has 116 valence electrons. The minimum atomic E-state index is -0.680. The summed E-state index contributed by atoms with van der Waals surface area (Å²) in [6.45, 7) is 6.22. The first kappa shape index (κ1) is 15.7. The summed E-state index contributed by atoms with van der Waals surface area (Å²) in [5.74, 6) is 0.567. The van der Waals surface area contributed by atoms with Gasteiger partial charge in [-0.2, -0.15) is 0 Å². The SMILES string of the molecule is COc1ccc(C(C)(C)C)cc1-c1nc(N)c(N=O)c(=O)[nH]1. The van der Waals surface area contributed by atoms with Crippen LogP contribution in [-0.4, -0.2) is 17.1 Å². The highest BCUT2D eigenvalue weighted by Crippen LogP contribution is 2.33. The molecule has 0 fully saturated rings. The van der Waals surface area contributed by atoms with Crippen molar-refractivity contribution in [1.82, 2.24) is 9.97 Å². The fourth-order valence-corrected chi connectivity index (χ4v) is 2.06. The minimum Gasteiger partial charge on any atom is -0.496 e. The van der Waals surface area contributed by atoms with Crippen molar-refractivity contribution in [3.63, 3.8) is 0 Å². The van der Waals surface area contributed by atoms with Gasteiger partial charge >= 0.3 is 0 Å². The van der Waals surface area contributed by atoms with Gasteiger partial charge in [0.2, 0.25) is 5.69 Å². The second kappa shape index (κ2) is 5.59. The van der Waals surface area contributed by atoms with E-state index < -0.39 is 11.2 Å². The lowest BCUT2D eigenvalue weighted by atomic mass is 9.86. The van der Waals surface area contributed by atoms with Crippen LogP contribution in [-0.2, 0) is 5.41 Å². The van der Waals surface area contributed by atoms with Gasteiger partial charge in [0.15, 0.2) is 5.82 Å². The number of nitrogens with zero attached hydrogens (tertiary/aromatic N) is 2. The number of ether oxygens (including phenoxy) is 1. The summed E-state index contributed by atoms with van der Waals surface area (Å²) in [5.41, 5.74) is 6.07. The monoisotopic (exact) mass is 302 g/mol. The number of anilines is 1. The van der Waals surface area contributed by atoms with Gasteiger partial charge in [-0.25, -0.2) is 4.98 Å². The van der Waals surface area contributed by atoms with Gasteiger partial charge in [0.1, 0.15) is 11.6 Å². The van der Waals surface area contributed by atoms with Crippen molar-refractivity contribution in [1.29, 1.82) is 0 Å². The Labute approximate surface area is 127 Å². The number of nitroso groups, excluding NO2 is 1. The van der Waals surface area contributed by atoms with Crippen LogP contribution in [0.1, 0.15) is 26.3 Å². The lowest BCUT2D eigenvalue weighted by molar-refractivity contribution is 0.415. The van der Waals surface area contributed by atoms with Crippen molar-refractivity contribution in [3.8, 4) is 17.1 Å². The number of nitrogens with two attached hydrogens (primary N) is 1. The standard InChI is InChI=1S/C15H18N4O3/c1-15(2,3)8-5-6-10(22-4)9(7-8)13-17-12(16)11(19-21)14(20)18-13/h5-7H,1-4H3,(H3,16,17,18,20). The molecule has 0 aliphatic heterocycles. The van der Waals surface area contributed by atoms with Crippen LogP contribution in [0.5, 0.6) is 5.75 Å². The first-order valence-corrected chi connectivity index (χ1v) is 6.70. The summed E-state index contributed by atoms with van der Waals surface area (Å²) in [6.07, 6.45) is 0. The van der Waals surface area contributed by atoms with Crippen LogP contribution in [0, 0.1) is 4.91 Å². The predicted molar refractivity (Wildman–Crippen MR) is 85.4 cm³/mol. The molecule has 0 saturated heterocycles. The van der Waals surface area contributed by atoms with Gasteiger partial charge in [-0.05, 0) is 28.3 Å². The lowest BCUT2D eigenvalue weighted by Crippen LogP contribution is -2.14. The van der Waals surface area contributed by atoms with Crippen molar-refractivity contribution >= 4 is 11.5 Å². The van der Waals surface area contributed by atoms with Crippen LogP contribution < -0.4 is 16.0 Å². The molecule has 3 N–H and O–H groups in total. The van der Waals surface area contributed by atoms with E-state index in [0.29, 0.717) is 11.3 Å². The first-order valence-electron chi connectivity index (χ1n) is 6.70. The van der Waals surface area contributed by atoms with Crippen molar-refractivity contribution in [2.75, 3.05) is 12.8 Å². The number of aromatic amines is 1. The van der Waals surface area contributed by atoms with Crippen LogP contribution in [0.25, 0.3) is 11.4 Å². The second-order valence-electron chi connectivity index (χ2n) is 5.90. The molecule has 22 heavy (non-hydrogen) atoms. The van der Waals surface area contributed by atoms with E-state index >= 15 is 0 Å². The maximum absolute atomic E-state index is 11.8. The number of methoxy groups -OCH3 is 1. The molecule has 0 unspecified atom stereocenters. The average Bonchev–Trinajstić information content (AvgIpc) is 2.45. The largest absolute Gasteiger partial charge is 0.496 e. The summed E-state index contributed by atoms with van der Waals surface area (Å²) in [6, 6.07) is 5.63. The summed E-state index contributed by atoms with van der Waals surface area (Å²) in [4.78, 5) is 29.0. The van der Waals surface area contributed by atoms with E-state index in [-0.39, 0.29) is 17.1 Å². The normalized spacial score (nSPS) is 11.3. The molecule has 0 aliphatic rings. The van der Waals surface area contributed by atoms with Crippen LogP contribution in [0.4, 0.5) is 11.5 Å². The molecule has 0 saturated carbocycles. The number of rotatable bonds is 3. The quantitative estimate of drug-likeness (QED) is 0.847. The van der Waals surface area contributed by atoms with Crippen molar-refractivity contribution in [2.24, 2.45) is 5.18 Å². The molecular formula is C15H18N4O3. The second-order valence-corrected chi connectivity index (χ2v) is 5.90. The van der Waals surface area contributed by atoms with Crippen molar-refractivity contribution < 1.29 is 4.74 Å². The zero-order chi connectivity index (χ0) is 16.5. The number of nitrogen functional groups attached to an aromatic ring is 1. The highest BCUT2D eigenvalue weighted by Gasteiger charge is 2.19. The Morgan fingerprint density at radius 3 is 2.50 bits per heavy atom. The van der Waals surface area contributed by atoms with Crippen LogP contribution in [0.15, 0.2) is 28.2 Å². The molecule has 1 aromatic carbocycles. The van der Waals surface area contributed by atoms with E-state index in [4.69, 9.17) is 10.5 Å². The summed E-state index contributed by atoms with van der Waals surface area (Å²) < 4.78 is 5.32. The Bertz CT molecular complexity index is 775. The molecule has 7 nitrogen and oxygen atoms in total. The predicted octanol–water partition coefficient (Wildman–Crippen LogP) is 2.72. The lowest BCUT2D eigenvalue weighted by Gasteiger charge is -2.21. The molecule has 7 heteroatoms. The molecule has 1 aromatic heterocycles. The third-order valence-electron chi connectivity index (χ3n) is 3.33. The average molecular weight is 302 g/mol. The summed E-state index contributed by atoms with van der Waals surface area (Å²) >= 11 is 0. The number of aromatic nitrogens is 2. The van der Waals surface area contributed by atoms with Crippen molar-refractivity contribution in [3.05, 3.63) is 39.0 Å². The Morgan fingerprint density at radius 2 is 2.00 bits per heavy atom. The number of benzene rings is 1. The topological polar surface area (TPSA) is 110 Å². The Morgan fingerprint density at radius 1 is 1.32 bits per heavy atom. The zero-order valence-corrected chi connectivity index (χ0v) is 12.9. The van der Waals surface area contributed by atoms with E-state index in [0.717, 1.165) is 5.56 Å². The van der Waals surface area contributed by atoms with Crippen molar-refractivity contribution in [2.45, 2.75) is 26.2 Å². The van der Waals surface area contributed by atoms with Gasteiger partial charge in [-0.3, -0.25) is 4.79 Å². The third kappa shape index (κ3) is 2.83. The number of H-pyrrole nitrogens is 1. The summed E-state index contributed by atoms with van der Waals surface area (Å²) in [5, 5.41) is 2.59. The number of nitrogens with one attached hydrogen (secondary N) is 1. The van der Waals surface area contributed by atoms with E-state index in [9.17, 15) is 9.70 Å². The maximum Gasteiger partial charge on any atom is 0.282 e. The maximum atomic E-state index is 11.8. The molecule has 0 atom stereocenters. The van der Waals surface area contributed by atoms with Crippen LogP contribution >= 0.6 is 0 Å². The highest BCUT2D eigenvalue weighted by molar-refractivity contribution is 5.69. The van der Waals surface area contributed by atoms with E-state index in [1.165, 1.54) is 7.11 Å². The fraction of sp³-hybridized carbons (Fsp3) is 0.333. The zero-order valence-electron chi connectivity index (χ0n) is 12.9. The molecule has 0 radical (unpaired) electrons. The molecule has 2 aromatic rings. The first-order chi connectivity index (χ1) is 10.3. The van der Waals surface area contributed by atoms with Gasteiger partial charge < -0.3 is 15.5 Å². The van der Waals surface area contributed by atoms with Crippen LogP contribution in [0.2, 0.25) is 0 Å². The van der Waals surface area contributed by atoms with Gasteiger partial charge in [-0.15, -0.1) is 4.91 Å². The van der Waals surface area contributed by atoms with Crippen LogP contribution in [0.3, 0.4) is 0 Å². The Kier molecular flexibility index (Phi) is 3.99. The molecule has 2 rings (SSSR count). The third-order valence-corrected chi connectivity index (χ3v) is 3.33. The van der Waals surface area contributed by atoms with Gasteiger partial charge in [-0.1, -0.05) is 26.8 Å². The number of hydrogen-bond acceptors (Lipinski definition) is 6. The van der Waals surface area contributed by atoms with Gasteiger partial charge in [0.05, 0.1) is 12.7 Å². The van der Waals surface area contributed by atoms with E-state index in [1.807, 2.05) is 12.1 Å². The fourth-order valence-electron chi connectivity index (χ4n) is 2.06. The molecule has 0 amide bonds. The van der Waals surface area contributed by atoms with E-state index in [2.05, 4.69) is 35.9 Å². The van der Waals surface area contributed by atoms with E-state index in [1.54, 1.807) is 6.07 Å². The summed E-state index contributed by atoms with van der Waals surface area (Å²) in [7, 11) is 1.53. The minimum absolute atomic E-state index is 0.0862.